The van der Waals surface area contributed by atoms with Gasteiger partial charge < -0.3 is 5.32 Å². The summed E-state index contributed by atoms with van der Waals surface area (Å²) in [6.07, 6.45) is 9.74. The lowest BCUT2D eigenvalue weighted by molar-refractivity contribution is -0.118. The molecule has 1 aromatic rings. The smallest absolute Gasteiger partial charge is 0.262 e. The van der Waals surface area contributed by atoms with Gasteiger partial charge in [0.05, 0.1) is 0 Å². The number of nitriles is 1. The van der Waals surface area contributed by atoms with Crippen LogP contribution in [0.15, 0.2) is 48.1 Å². The normalized spacial score (nSPS) is 22.3. The molecular weight excluding hydrogens is 272 g/mol. The van der Waals surface area contributed by atoms with Crippen LogP contribution in [0.1, 0.15) is 38.2 Å². The maximum absolute atomic E-state index is 12.2. The van der Waals surface area contributed by atoms with Crippen molar-refractivity contribution in [1.29, 1.82) is 5.26 Å². The van der Waals surface area contributed by atoms with Crippen LogP contribution in [0.4, 0.5) is 0 Å². The van der Waals surface area contributed by atoms with Crippen LogP contribution in [0, 0.1) is 17.2 Å². The Kier molecular flexibility index (Phi) is 5.97. The highest BCUT2D eigenvalue weighted by Crippen LogP contribution is 2.23. The van der Waals surface area contributed by atoms with E-state index in [2.05, 4.69) is 12.2 Å². The van der Waals surface area contributed by atoms with Gasteiger partial charge in [0.1, 0.15) is 11.6 Å². The molecule has 0 bridgehead atoms. The third-order valence-corrected chi connectivity index (χ3v) is 4.14. The van der Waals surface area contributed by atoms with Crippen LogP contribution in [0.25, 0.3) is 6.08 Å². The maximum atomic E-state index is 12.2. The Labute approximate surface area is 132 Å². The summed E-state index contributed by atoms with van der Waals surface area (Å²) < 4.78 is 0. The molecule has 0 saturated heterocycles. The van der Waals surface area contributed by atoms with E-state index in [1.165, 1.54) is 6.42 Å². The van der Waals surface area contributed by atoms with Crippen LogP contribution in [-0.4, -0.2) is 11.9 Å². The number of benzene rings is 1. The first-order chi connectivity index (χ1) is 10.7. The summed E-state index contributed by atoms with van der Waals surface area (Å²) in [5, 5.41) is 12.2. The second-order valence-electron chi connectivity index (χ2n) is 5.80. The van der Waals surface area contributed by atoms with E-state index in [9.17, 15) is 10.1 Å². The minimum Gasteiger partial charge on any atom is -0.348 e. The number of nitrogens with one attached hydrogen (secondary N) is 1. The van der Waals surface area contributed by atoms with Crippen molar-refractivity contribution in [3.05, 3.63) is 53.6 Å². The molecule has 2 rings (SSSR count). The Morgan fingerprint density at radius 1 is 1.27 bits per heavy atom. The number of amides is 1. The SMILES string of the molecule is C[C@H]1CCCC[C@H]1NC(=O)/C(C#N)=C/C=C/c1ccccc1. The molecule has 3 nitrogen and oxygen atoms in total. The third-order valence-electron chi connectivity index (χ3n) is 4.14. The van der Waals surface area contributed by atoms with Gasteiger partial charge in [-0.1, -0.05) is 62.2 Å². The van der Waals surface area contributed by atoms with Gasteiger partial charge >= 0.3 is 0 Å². The standard InChI is InChI=1S/C19H22N2O/c1-15-8-5-6-13-18(15)21-19(22)17(14-20)12-7-11-16-9-3-2-4-10-16/h2-4,7,9-12,15,18H,5-6,8,13H2,1H3,(H,21,22)/b11-7+,17-12+/t15-,18+/m0/s1. The highest BCUT2D eigenvalue weighted by Gasteiger charge is 2.23. The lowest BCUT2D eigenvalue weighted by atomic mass is 9.86. The van der Waals surface area contributed by atoms with Gasteiger partial charge in [0.25, 0.3) is 5.91 Å². The van der Waals surface area contributed by atoms with E-state index in [1.807, 2.05) is 42.5 Å². The molecule has 0 unspecified atom stereocenters. The average molecular weight is 294 g/mol. The van der Waals surface area contributed by atoms with Crippen LogP contribution in [0.5, 0.6) is 0 Å². The van der Waals surface area contributed by atoms with Crippen LogP contribution in [0.3, 0.4) is 0 Å². The van der Waals surface area contributed by atoms with Crippen molar-refractivity contribution in [2.45, 2.75) is 38.6 Å². The van der Waals surface area contributed by atoms with Crippen molar-refractivity contribution in [3.63, 3.8) is 0 Å². The molecule has 0 aromatic heterocycles. The quantitative estimate of drug-likeness (QED) is 0.521. The van der Waals surface area contributed by atoms with E-state index < -0.39 is 0 Å². The van der Waals surface area contributed by atoms with Gasteiger partial charge in [0, 0.05) is 6.04 Å². The fourth-order valence-corrected chi connectivity index (χ4v) is 2.76. The predicted octanol–water partition coefficient (Wildman–Crippen LogP) is 3.84. The summed E-state index contributed by atoms with van der Waals surface area (Å²) in [4.78, 5) is 12.2. The van der Waals surface area contributed by atoms with Gasteiger partial charge in [-0.25, -0.2) is 0 Å². The minimum absolute atomic E-state index is 0.157. The summed E-state index contributed by atoms with van der Waals surface area (Å²) in [5.41, 5.74) is 1.20. The second-order valence-corrected chi connectivity index (χ2v) is 5.80. The first kappa shape index (κ1) is 16.0. The number of allylic oxidation sites excluding steroid dienone is 2. The molecule has 1 aromatic carbocycles. The fourth-order valence-electron chi connectivity index (χ4n) is 2.76. The Morgan fingerprint density at radius 2 is 2.00 bits per heavy atom. The number of nitrogens with zero attached hydrogens (tertiary/aromatic N) is 1. The molecule has 0 radical (unpaired) electrons. The molecule has 1 aliphatic carbocycles. The topological polar surface area (TPSA) is 52.9 Å². The van der Waals surface area contributed by atoms with Gasteiger partial charge in [-0.2, -0.15) is 5.26 Å². The van der Waals surface area contributed by atoms with Gasteiger partial charge in [0.2, 0.25) is 0 Å². The van der Waals surface area contributed by atoms with Crippen molar-refractivity contribution in [2.75, 3.05) is 0 Å². The summed E-state index contributed by atoms with van der Waals surface area (Å²) >= 11 is 0. The summed E-state index contributed by atoms with van der Waals surface area (Å²) in [5.74, 6) is 0.219. The molecule has 1 saturated carbocycles. The molecule has 0 aliphatic heterocycles. The van der Waals surface area contributed by atoms with Crippen molar-refractivity contribution in [1.82, 2.24) is 5.32 Å². The third kappa shape index (κ3) is 4.60. The second kappa shape index (κ2) is 8.19. The monoisotopic (exact) mass is 294 g/mol. The Balaban J connectivity index is 1.98. The number of hydrogen-bond donors (Lipinski definition) is 1. The molecule has 2 atom stereocenters. The molecule has 0 spiro atoms. The largest absolute Gasteiger partial charge is 0.348 e. The fraction of sp³-hybridized carbons (Fsp3) is 0.368. The highest BCUT2D eigenvalue weighted by molar-refractivity contribution is 5.97. The van der Waals surface area contributed by atoms with Crippen molar-refractivity contribution >= 4 is 12.0 Å². The highest BCUT2D eigenvalue weighted by atomic mass is 16.1. The molecule has 1 N–H and O–H groups in total. The lowest BCUT2D eigenvalue weighted by Gasteiger charge is -2.29. The molecule has 3 heteroatoms. The van der Waals surface area contributed by atoms with E-state index in [-0.39, 0.29) is 17.5 Å². The molecule has 1 amide bonds. The number of carbonyl (C=O) groups excluding carboxylic acids is 1. The van der Waals surface area contributed by atoms with Gasteiger partial charge in [0.15, 0.2) is 0 Å². The zero-order valence-corrected chi connectivity index (χ0v) is 13.0. The zero-order valence-electron chi connectivity index (χ0n) is 13.0. The van der Waals surface area contributed by atoms with Crippen LogP contribution >= 0.6 is 0 Å². The maximum Gasteiger partial charge on any atom is 0.262 e. The van der Waals surface area contributed by atoms with Crippen LogP contribution in [-0.2, 0) is 4.79 Å². The van der Waals surface area contributed by atoms with E-state index in [0.717, 1.165) is 24.8 Å². The van der Waals surface area contributed by atoms with Gasteiger partial charge in [-0.15, -0.1) is 0 Å². The van der Waals surface area contributed by atoms with E-state index >= 15 is 0 Å². The minimum atomic E-state index is -0.265. The zero-order chi connectivity index (χ0) is 15.8. The molecular formula is C19H22N2O. The molecule has 1 fully saturated rings. The molecule has 22 heavy (non-hydrogen) atoms. The van der Waals surface area contributed by atoms with Crippen LogP contribution < -0.4 is 5.32 Å². The first-order valence-electron chi connectivity index (χ1n) is 7.85. The summed E-state index contributed by atoms with van der Waals surface area (Å²) in [6, 6.07) is 12.0. The van der Waals surface area contributed by atoms with Gasteiger partial charge in [-0.3, -0.25) is 4.79 Å². The Hall–Kier alpha value is -2.34. The first-order valence-corrected chi connectivity index (χ1v) is 7.85. The lowest BCUT2D eigenvalue weighted by Crippen LogP contribution is -2.41. The van der Waals surface area contributed by atoms with Crippen molar-refractivity contribution in [2.24, 2.45) is 5.92 Å². The Bertz CT molecular complexity index is 596. The summed E-state index contributed by atoms with van der Waals surface area (Å²) in [6.45, 7) is 2.16. The molecule has 1 aliphatic rings. The van der Waals surface area contributed by atoms with E-state index in [4.69, 9.17) is 0 Å². The van der Waals surface area contributed by atoms with E-state index in [1.54, 1.807) is 12.2 Å². The average Bonchev–Trinajstić information content (AvgIpc) is 2.54. The number of rotatable bonds is 4. The predicted molar refractivity (Wildman–Crippen MR) is 88.7 cm³/mol. The number of hydrogen-bond acceptors (Lipinski definition) is 2. The van der Waals surface area contributed by atoms with Crippen molar-refractivity contribution < 1.29 is 4.79 Å². The van der Waals surface area contributed by atoms with Crippen LogP contribution in [0.2, 0.25) is 0 Å². The summed E-state index contributed by atoms with van der Waals surface area (Å²) in [7, 11) is 0. The van der Waals surface area contributed by atoms with Gasteiger partial charge in [-0.05, 0) is 30.4 Å². The molecule has 114 valence electrons. The number of carbonyl (C=O) groups is 1. The van der Waals surface area contributed by atoms with E-state index in [0.29, 0.717) is 5.92 Å². The van der Waals surface area contributed by atoms with Crippen molar-refractivity contribution in [3.8, 4) is 6.07 Å². The molecule has 0 heterocycles. The Morgan fingerprint density at radius 3 is 2.68 bits per heavy atom.